The van der Waals surface area contributed by atoms with Crippen molar-refractivity contribution in [1.29, 1.82) is 0 Å². The molecule has 0 aliphatic carbocycles. The second-order valence-electron chi connectivity index (χ2n) is 1.89. The Hall–Kier alpha value is -0.710. The third-order valence-corrected chi connectivity index (χ3v) is 1.77. The minimum Gasteiger partial charge on any atom is -0.205 e. The van der Waals surface area contributed by atoms with Crippen LogP contribution >= 0.6 is 23.2 Å². The van der Waals surface area contributed by atoms with Gasteiger partial charge in [0.05, 0.1) is 10.0 Å². The van der Waals surface area contributed by atoms with Crippen molar-refractivity contribution < 1.29 is 4.39 Å². The highest BCUT2D eigenvalue weighted by molar-refractivity contribution is 6.35. The highest BCUT2D eigenvalue weighted by Crippen LogP contribution is 2.23. The molecule has 1 aromatic carbocycles. The molecule has 0 heterocycles. The highest BCUT2D eigenvalue weighted by Gasteiger charge is 2.03. The Morgan fingerprint density at radius 3 is 2.45 bits per heavy atom. The van der Waals surface area contributed by atoms with Gasteiger partial charge in [0.1, 0.15) is 5.82 Å². The van der Waals surface area contributed by atoms with Crippen LogP contribution in [0.4, 0.5) is 4.39 Å². The summed E-state index contributed by atoms with van der Waals surface area (Å²) in [5, 5.41) is 0.271. The van der Waals surface area contributed by atoms with E-state index in [-0.39, 0.29) is 5.02 Å². The predicted molar refractivity (Wildman–Crippen MR) is 44.4 cm³/mol. The lowest BCUT2D eigenvalue weighted by molar-refractivity contribution is 0.628. The Bertz CT molecular complexity index is 326. The van der Waals surface area contributed by atoms with Crippen LogP contribution < -0.4 is 0 Å². The van der Waals surface area contributed by atoms with Crippen molar-refractivity contribution in [3.8, 4) is 12.3 Å². The van der Waals surface area contributed by atoms with Crippen LogP contribution in [0.3, 0.4) is 0 Å². The lowest BCUT2D eigenvalue weighted by atomic mass is 10.2. The SMILES string of the molecule is C#Cc1cc(F)c(Cl)cc1Cl. The van der Waals surface area contributed by atoms with Gasteiger partial charge >= 0.3 is 0 Å². The molecular weight excluding hydrogens is 186 g/mol. The molecule has 0 unspecified atom stereocenters. The maximum Gasteiger partial charge on any atom is 0.143 e. The summed E-state index contributed by atoms with van der Waals surface area (Å²) < 4.78 is 12.7. The van der Waals surface area contributed by atoms with E-state index in [0.29, 0.717) is 10.6 Å². The summed E-state index contributed by atoms with van der Waals surface area (Å²) in [5.41, 5.74) is 0.313. The molecule has 0 spiro atoms. The highest BCUT2D eigenvalue weighted by atomic mass is 35.5. The van der Waals surface area contributed by atoms with E-state index in [2.05, 4.69) is 5.92 Å². The van der Waals surface area contributed by atoms with Gasteiger partial charge in [-0.3, -0.25) is 0 Å². The Morgan fingerprint density at radius 2 is 1.91 bits per heavy atom. The van der Waals surface area contributed by atoms with Crippen molar-refractivity contribution >= 4 is 23.2 Å². The summed E-state index contributed by atoms with van der Waals surface area (Å²) in [5.74, 6) is 1.68. The first kappa shape index (κ1) is 8.39. The van der Waals surface area contributed by atoms with Crippen LogP contribution in [-0.4, -0.2) is 0 Å². The van der Waals surface area contributed by atoms with Crippen LogP contribution in [0.25, 0.3) is 0 Å². The van der Waals surface area contributed by atoms with Crippen LogP contribution in [0.2, 0.25) is 10.0 Å². The summed E-state index contributed by atoms with van der Waals surface area (Å²) in [6, 6.07) is 2.41. The summed E-state index contributed by atoms with van der Waals surface area (Å²) in [7, 11) is 0. The smallest absolute Gasteiger partial charge is 0.143 e. The molecule has 0 amide bonds. The number of benzene rings is 1. The molecule has 0 aliphatic rings. The molecule has 0 radical (unpaired) electrons. The summed E-state index contributed by atoms with van der Waals surface area (Å²) >= 11 is 11.0. The van der Waals surface area contributed by atoms with Crippen LogP contribution in [0.5, 0.6) is 0 Å². The molecule has 0 N–H and O–H groups in total. The molecule has 0 aliphatic heterocycles. The molecule has 1 aromatic rings. The first-order valence-electron chi connectivity index (χ1n) is 2.76. The van der Waals surface area contributed by atoms with E-state index in [1.807, 2.05) is 0 Å². The van der Waals surface area contributed by atoms with Gasteiger partial charge in [-0.15, -0.1) is 6.42 Å². The Morgan fingerprint density at radius 1 is 1.27 bits per heavy atom. The molecule has 56 valence electrons. The van der Waals surface area contributed by atoms with Crippen molar-refractivity contribution in [1.82, 2.24) is 0 Å². The zero-order valence-electron chi connectivity index (χ0n) is 5.37. The molecule has 0 aromatic heterocycles. The lowest BCUT2D eigenvalue weighted by Crippen LogP contribution is -1.81. The second kappa shape index (κ2) is 3.13. The van der Waals surface area contributed by atoms with Crippen molar-refractivity contribution in [3.05, 3.63) is 33.6 Å². The molecule has 0 saturated heterocycles. The molecule has 0 fully saturated rings. The summed E-state index contributed by atoms with van der Waals surface area (Å²) in [6.07, 6.45) is 5.03. The monoisotopic (exact) mass is 188 g/mol. The number of rotatable bonds is 0. The molecular formula is C8H3Cl2F. The van der Waals surface area contributed by atoms with Gasteiger partial charge in [0.15, 0.2) is 0 Å². The molecule has 1 rings (SSSR count). The number of halogens is 3. The average molecular weight is 189 g/mol. The lowest BCUT2D eigenvalue weighted by Gasteiger charge is -1.97. The van der Waals surface area contributed by atoms with Gasteiger partial charge < -0.3 is 0 Å². The van der Waals surface area contributed by atoms with Gasteiger partial charge in [-0.05, 0) is 12.1 Å². The first-order valence-corrected chi connectivity index (χ1v) is 3.52. The fraction of sp³-hybridized carbons (Fsp3) is 0. The minimum absolute atomic E-state index is 0.0194. The van der Waals surface area contributed by atoms with Crippen molar-refractivity contribution in [2.75, 3.05) is 0 Å². The molecule has 0 saturated carbocycles. The van der Waals surface area contributed by atoms with Crippen LogP contribution in [0.1, 0.15) is 5.56 Å². The van der Waals surface area contributed by atoms with Gasteiger partial charge in [0.2, 0.25) is 0 Å². The van der Waals surface area contributed by atoms with Crippen molar-refractivity contribution in [2.24, 2.45) is 0 Å². The van der Waals surface area contributed by atoms with E-state index < -0.39 is 5.82 Å². The topological polar surface area (TPSA) is 0 Å². The van der Waals surface area contributed by atoms with E-state index in [0.717, 1.165) is 6.07 Å². The van der Waals surface area contributed by atoms with Gasteiger partial charge in [-0.1, -0.05) is 29.1 Å². The molecule has 0 bridgehead atoms. The fourth-order valence-electron chi connectivity index (χ4n) is 0.633. The van der Waals surface area contributed by atoms with Crippen LogP contribution in [-0.2, 0) is 0 Å². The maximum absolute atomic E-state index is 12.7. The molecule has 0 atom stereocenters. The quantitative estimate of drug-likeness (QED) is 0.434. The Kier molecular flexibility index (Phi) is 2.38. The van der Waals surface area contributed by atoms with E-state index in [9.17, 15) is 4.39 Å². The zero-order chi connectivity index (χ0) is 8.43. The van der Waals surface area contributed by atoms with Crippen molar-refractivity contribution in [3.63, 3.8) is 0 Å². The number of terminal acetylenes is 1. The second-order valence-corrected chi connectivity index (χ2v) is 2.70. The van der Waals surface area contributed by atoms with Gasteiger partial charge in [0, 0.05) is 5.56 Å². The van der Waals surface area contributed by atoms with Gasteiger partial charge in [0.25, 0.3) is 0 Å². The summed E-state index contributed by atoms with van der Waals surface area (Å²) in [6.45, 7) is 0. The molecule has 11 heavy (non-hydrogen) atoms. The molecule has 3 heteroatoms. The Balaban J connectivity index is 3.35. The third-order valence-electron chi connectivity index (χ3n) is 1.17. The van der Waals surface area contributed by atoms with Gasteiger partial charge in [-0.2, -0.15) is 0 Å². The third kappa shape index (κ3) is 1.65. The van der Waals surface area contributed by atoms with E-state index in [1.165, 1.54) is 6.07 Å². The van der Waals surface area contributed by atoms with Crippen molar-refractivity contribution in [2.45, 2.75) is 0 Å². The number of hydrogen-bond acceptors (Lipinski definition) is 0. The normalized spacial score (nSPS) is 9.27. The maximum atomic E-state index is 12.7. The molecule has 0 nitrogen and oxygen atoms in total. The van der Waals surface area contributed by atoms with E-state index in [1.54, 1.807) is 0 Å². The first-order chi connectivity index (χ1) is 5.15. The van der Waals surface area contributed by atoms with Gasteiger partial charge in [-0.25, -0.2) is 4.39 Å². The number of hydrogen-bond donors (Lipinski definition) is 0. The summed E-state index contributed by atoms with van der Waals surface area (Å²) in [4.78, 5) is 0. The fourth-order valence-corrected chi connectivity index (χ4v) is 1.07. The van der Waals surface area contributed by atoms with E-state index in [4.69, 9.17) is 29.6 Å². The zero-order valence-corrected chi connectivity index (χ0v) is 6.88. The van der Waals surface area contributed by atoms with Crippen LogP contribution in [0.15, 0.2) is 12.1 Å². The average Bonchev–Trinajstić information content (AvgIpc) is 1.97. The van der Waals surface area contributed by atoms with E-state index >= 15 is 0 Å². The predicted octanol–water partition coefficient (Wildman–Crippen LogP) is 3.11. The minimum atomic E-state index is -0.552. The Labute approximate surface area is 73.9 Å². The standard InChI is InChI=1S/C8H3Cl2F/c1-2-5-3-8(11)7(10)4-6(5)9/h1,3-4H. The largest absolute Gasteiger partial charge is 0.205 e. The van der Waals surface area contributed by atoms with Crippen LogP contribution in [0, 0.1) is 18.2 Å².